The molecule has 0 atom stereocenters. The molecule has 2 aromatic rings. The zero-order valence-electron chi connectivity index (χ0n) is 17.5. The van der Waals surface area contributed by atoms with Crippen LogP contribution in [0.1, 0.15) is 25.8 Å². The first-order valence-corrected chi connectivity index (χ1v) is 11.2. The van der Waals surface area contributed by atoms with Gasteiger partial charge < -0.3 is 14.8 Å². The van der Waals surface area contributed by atoms with Crippen molar-refractivity contribution in [1.82, 2.24) is 5.32 Å². The number of hydrogen-bond donors (Lipinski definition) is 1. The van der Waals surface area contributed by atoms with Gasteiger partial charge in [0.05, 0.1) is 16.7 Å². The molecule has 0 fully saturated rings. The van der Waals surface area contributed by atoms with Crippen LogP contribution in [-0.4, -0.2) is 25.7 Å². The first-order chi connectivity index (χ1) is 15.2. The van der Waals surface area contributed by atoms with Crippen molar-refractivity contribution in [2.24, 2.45) is 0 Å². The van der Waals surface area contributed by atoms with Crippen LogP contribution in [0.4, 0.5) is 4.39 Å². The second-order valence-electron chi connectivity index (χ2n) is 6.86. The maximum Gasteiger partial charge on any atom is 0.251 e. The average Bonchev–Trinajstić information content (AvgIpc) is 2.70. The Hall–Kier alpha value is -1.92. The van der Waals surface area contributed by atoms with Crippen molar-refractivity contribution in [3.05, 3.63) is 74.0 Å². The molecule has 4 nitrogen and oxygen atoms in total. The van der Waals surface area contributed by atoms with Crippen LogP contribution in [0.3, 0.4) is 0 Å². The first-order valence-electron chi connectivity index (χ1n) is 9.66. The van der Waals surface area contributed by atoms with E-state index in [1.54, 1.807) is 24.3 Å². The highest BCUT2D eigenvalue weighted by Gasteiger charge is 2.14. The number of carbonyl (C=O) groups excluding carboxylic acids is 1. The molecule has 2 rings (SSSR count). The largest absolute Gasteiger partial charge is 0.490 e. The fourth-order valence-electron chi connectivity index (χ4n) is 2.76. The highest BCUT2D eigenvalue weighted by atomic mass is 35.5. The third kappa shape index (κ3) is 8.21. The minimum absolute atomic E-state index is 0.101. The van der Waals surface area contributed by atoms with E-state index >= 15 is 0 Å². The summed E-state index contributed by atoms with van der Waals surface area (Å²) in [7, 11) is 0. The summed E-state index contributed by atoms with van der Waals surface area (Å²) >= 11 is 23.5. The van der Waals surface area contributed by atoms with Crippen molar-refractivity contribution in [1.29, 1.82) is 0 Å². The van der Waals surface area contributed by atoms with E-state index in [9.17, 15) is 9.18 Å². The van der Waals surface area contributed by atoms with Crippen LogP contribution in [0.5, 0.6) is 11.5 Å². The van der Waals surface area contributed by atoms with E-state index in [2.05, 4.69) is 5.32 Å². The number of carbonyl (C=O) groups is 1. The summed E-state index contributed by atoms with van der Waals surface area (Å²) in [6.45, 7) is 4.49. The van der Waals surface area contributed by atoms with Gasteiger partial charge in [0.1, 0.15) is 22.7 Å². The maximum absolute atomic E-state index is 13.2. The summed E-state index contributed by atoms with van der Waals surface area (Å²) in [5, 5.41) is 3.43. The standard InChI is InChI=1S/C23H22Cl4FNO3/c1-14(2)21(15-4-6-16(28)7-5-15)23(30)29-9-3-10-32-22-18(24)12-17(13-19(22)25)31-11-8-20(26)27/h4-8,12-13H,3,9-11H2,1-2H3,(H,29,30). The summed E-state index contributed by atoms with van der Waals surface area (Å²) in [5.41, 5.74) is 2.00. The highest BCUT2D eigenvalue weighted by molar-refractivity contribution is 6.55. The molecule has 32 heavy (non-hydrogen) atoms. The zero-order valence-corrected chi connectivity index (χ0v) is 20.5. The first kappa shape index (κ1) is 26.3. The monoisotopic (exact) mass is 519 g/mol. The van der Waals surface area contributed by atoms with E-state index < -0.39 is 0 Å². The molecule has 0 aromatic heterocycles. The number of allylic oxidation sites excluding steroid dienone is 1. The van der Waals surface area contributed by atoms with E-state index in [1.807, 2.05) is 13.8 Å². The lowest BCUT2D eigenvalue weighted by Crippen LogP contribution is -2.27. The predicted molar refractivity (Wildman–Crippen MR) is 130 cm³/mol. The Morgan fingerprint density at radius 2 is 1.69 bits per heavy atom. The Bertz CT molecular complexity index is 976. The van der Waals surface area contributed by atoms with E-state index in [4.69, 9.17) is 55.9 Å². The number of halogens is 5. The van der Waals surface area contributed by atoms with E-state index in [1.165, 1.54) is 18.2 Å². The van der Waals surface area contributed by atoms with Crippen molar-refractivity contribution in [3.63, 3.8) is 0 Å². The normalized spacial score (nSPS) is 10.3. The summed E-state index contributed by atoms with van der Waals surface area (Å²) in [6.07, 6.45) is 2.01. The molecule has 1 amide bonds. The molecule has 0 aliphatic heterocycles. The quantitative estimate of drug-likeness (QED) is 0.266. The van der Waals surface area contributed by atoms with Crippen LogP contribution >= 0.6 is 46.4 Å². The number of nitrogens with one attached hydrogen (secondary N) is 1. The highest BCUT2D eigenvalue weighted by Crippen LogP contribution is 2.37. The van der Waals surface area contributed by atoms with E-state index in [-0.39, 0.29) is 29.4 Å². The van der Waals surface area contributed by atoms with Gasteiger partial charge >= 0.3 is 0 Å². The number of ether oxygens (including phenoxy) is 2. The van der Waals surface area contributed by atoms with E-state index in [0.29, 0.717) is 45.6 Å². The van der Waals surface area contributed by atoms with Crippen LogP contribution in [-0.2, 0) is 4.79 Å². The van der Waals surface area contributed by atoms with Crippen molar-refractivity contribution in [2.75, 3.05) is 19.8 Å². The molecule has 1 N–H and O–H groups in total. The fourth-order valence-corrected chi connectivity index (χ4v) is 3.46. The lowest BCUT2D eigenvalue weighted by Gasteiger charge is -2.13. The molecule has 0 aliphatic rings. The minimum Gasteiger partial charge on any atom is -0.490 e. The average molecular weight is 521 g/mol. The number of rotatable bonds is 10. The van der Waals surface area contributed by atoms with Gasteiger partial charge in [0.2, 0.25) is 0 Å². The molecule has 2 aromatic carbocycles. The van der Waals surface area contributed by atoms with Crippen LogP contribution in [0.25, 0.3) is 5.57 Å². The Labute approximate surface area is 206 Å². The summed E-state index contributed by atoms with van der Waals surface area (Å²) in [6, 6.07) is 8.96. The molecule has 0 radical (unpaired) electrons. The van der Waals surface area contributed by atoms with Gasteiger partial charge in [-0.25, -0.2) is 4.39 Å². The van der Waals surface area contributed by atoms with Gasteiger partial charge in [-0.3, -0.25) is 4.79 Å². The lowest BCUT2D eigenvalue weighted by molar-refractivity contribution is -0.115. The van der Waals surface area contributed by atoms with Gasteiger partial charge in [0.25, 0.3) is 5.91 Å². The molecule has 0 aliphatic carbocycles. The van der Waals surface area contributed by atoms with Crippen LogP contribution in [0, 0.1) is 5.82 Å². The van der Waals surface area contributed by atoms with Crippen molar-refractivity contribution in [2.45, 2.75) is 20.3 Å². The van der Waals surface area contributed by atoms with Gasteiger partial charge in [-0.2, -0.15) is 0 Å². The fraction of sp³-hybridized carbons (Fsp3) is 0.261. The SMILES string of the molecule is CC(C)=C(C(=O)NCCCOc1c(Cl)cc(OCC=C(Cl)Cl)cc1Cl)c1ccc(F)cc1. The van der Waals surface area contributed by atoms with Gasteiger partial charge in [0, 0.05) is 24.3 Å². The Kier molecular flexibility index (Phi) is 10.7. The molecule has 172 valence electrons. The third-order valence-corrected chi connectivity index (χ3v) is 5.04. The van der Waals surface area contributed by atoms with Crippen LogP contribution in [0.15, 0.2) is 52.5 Å². The molecule has 0 heterocycles. The Morgan fingerprint density at radius 3 is 2.25 bits per heavy atom. The minimum atomic E-state index is -0.354. The van der Waals surface area contributed by atoms with Gasteiger partial charge in [-0.15, -0.1) is 0 Å². The Balaban J connectivity index is 1.86. The van der Waals surface area contributed by atoms with Crippen LogP contribution < -0.4 is 14.8 Å². The second kappa shape index (κ2) is 12.9. The molecule has 0 bridgehead atoms. The van der Waals surface area contributed by atoms with Crippen LogP contribution in [0.2, 0.25) is 10.0 Å². The smallest absolute Gasteiger partial charge is 0.251 e. The topological polar surface area (TPSA) is 47.6 Å². The number of hydrogen-bond acceptors (Lipinski definition) is 3. The predicted octanol–water partition coefficient (Wildman–Crippen LogP) is 7.21. The summed E-state index contributed by atoms with van der Waals surface area (Å²) in [4.78, 5) is 12.6. The van der Waals surface area contributed by atoms with Gasteiger partial charge in [-0.05, 0) is 44.0 Å². The molecular weight excluding hydrogens is 499 g/mol. The number of amides is 1. The second-order valence-corrected chi connectivity index (χ2v) is 8.68. The Morgan fingerprint density at radius 1 is 1.06 bits per heavy atom. The maximum atomic E-state index is 13.2. The molecule has 0 saturated carbocycles. The van der Waals surface area contributed by atoms with E-state index in [0.717, 1.165) is 5.57 Å². The zero-order chi connectivity index (χ0) is 23.7. The van der Waals surface area contributed by atoms with Gasteiger partial charge in [0.15, 0.2) is 5.75 Å². The molecule has 0 spiro atoms. The molecular formula is C23H22Cl4FNO3. The summed E-state index contributed by atoms with van der Waals surface area (Å²) < 4.78 is 24.4. The lowest BCUT2D eigenvalue weighted by atomic mass is 10.0. The number of benzene rings is 2. The van der Waals surface area contributed by atoms with Crippen molar-refractivity contribution in [3.8, 4) is 11.5 Å². The summed E-state index contributed by atoms with van der Waals surface area (Å²) in [5.74, 6) is 0.183. The van der Waals surface area contributed by atoms with Crippen molar-refractivity contribution >= 4 is 57.9 Å². The molecule has 0 unspecified atom stereocenters. The van der Waals surface area contributed by atoms with Gasteiger partial charge in [-0.1, -0.05) is 64.1 Å². The molecule has 9 heteroatoms. The third-order valence-electron chi connectivity index (χ3n) is 4.17. The van der Waals surface area contributed by atoms with Crippen molar-refractivity contribution < 1.29 is 18.7 Å². The molecule has 0 saturated heterocycles.